The summed E-state index contributed by atoms with van der Waals surface area (Å²) >= 11 is 5.29. The van der Waals surface area contributed by atoms with Gasteiger partial charge in [-0.3, -0.25) is 0 Å². The van der Waals surface area contributed by atoms with Gasteiger partial charge in [-0.25, -0.2) is 0 Å². The summed E-state index contributed by atoms with van der Waals surface area (Å²) in [4.78, 5) is 0. The lowest BCUT2D eigenvalue weighted by Crippen LogP contribution is -1.78. The Bertz CT molecular complexity index is 145. The monoisotopic (exact) mass is 118 g/mol. The van der Waals surface area contributed by atoms with E-state index >= 15 is 0 Å². The summed E-state index contributed by atoms with van der Waals surface area (Å²) in [5.74, 6) is 0. The van der Waals surface area contributed by atoms with Crippen LogP contribution in [0.5, 0.6) is 0 Å². The Kier molecular flexibility index (Phi) is 0.906. The van der Waals surface area contributed by atoms with Crippen molar-refractivity contribution >= 4 is 17.3 Å². The molecule has 0 radical (unpaired) electrons. The molecule has 38 valence electrons. The highest BCUT2D eigenvalue weighted by Crippen LogP contribution is 2.13. The van der Waals surface area contributed by atoms with E-state index in [9.17, 15) is 0 Å². The van der Waals surface area contributed by atoms with Gasteiger partial charge in [0.2, 0.25) is 0 Å². The van der Waals surface area contributed by atoms with Crippen molar-refractivity contribution in [2.24, 2.45) is 0 Å². The average molecular weight is 119 g/mol. The molecule has 4 heteroatoms. The van der Waals surface area contributed by atoms with Gasteiger partial charge in [-0.2, -0.15) is 0 Å². The van der Waals surface area contributed by atoms with Crippen LogP contribution in [0.25, 0.3) is 0 Å². The van der Waals surface area contributed by atoms with E-state index in [4.69, 9.17) is 17.3 Å². The number of hydrogen-bond donors (Lipinski definition) is 1. The Hall–Kier alpha value is -0.700. The molecule has 2 N–H and O–H groups in total. The van der Waals surface area contributed by atoms with Gasteiger partial charge < -0.3 is 10.3 Å². The summed E-state index contributed by atoms with van der Waals surface area (Å²) in [6.45, 7) is 0. The third kappa shape index (κ3) is 0.667. The molecule has 1 rings (SSSR count). The molecule has 7 heavy (non-hydrogen) atoms. The van der Waals surface area contributed by atoms with Crippen LogP contribution >= 0.6 is 11.6 Å². The second-order valence-corrected chi connectivity index (χ2v) is 1.42. The quantitative estimate of drug-likeness (QED) is 0.551. The first-order valence-corrected chi connectivity index (χ1v) is 2.04. The van der Waals surface area contributed by atoms with Crippen LogP contribution in [0.4, 0.5) is 5.69 Å². The van der Waals surface area contributed by atoms with Crippen LogP contribution in [0.2, 0.25) is 5.15 Å². The molecule has 0 fully saturated rings. The van der Waals surface area contributed by atoms with Crippen LogP contribution in [0.15, 0.2) is 10.8 Å². The van der Waals surface area contributed by atoms with Gasteiger partial charge in [0.15, 0.2) is 5.15 Å². The second-order valence-electron chi connectivity index (χ2n) is 1.06. The van der Waals surface area contributed by atoms with E-state index in [2.05, 4.69) is 9.68 Å². The number of aromatic nitrogens is 1. The Morgan fingerprint density at radius 3 is 2.71 bits per heavy atom. The molecule has 0 bridgehead atoms. The normalized spacial score (nSPS) is 9.29. The lowest BCUT2D eigenvalue weighted by Gasteiger charge is -1.72. The van der Waals surface area contributed by atoms with Gasteiger partial charge in [0, 0.05) is 0 Å². The second kappa shape index (κ2) is 1.42. The van der Waals surface area contributed by atoms with Gasteiger partial charge in [0.05, 0.1) is 0 Å². The standard InChI is InChI=1S/C3H3ClN2O/c4-3-2(5)1-7-6-3/h1H,5H2. The molecule has 0 saturated heterocycles. The van der Waals surface area contributed by atoms with Crippen molar-refractivity contribution in [2.45, 2.75) is 0 Å². The van der Waals surface area contributed by atoms with E-state index in [-0.39, 0.29) is 5.15 Å². The number of nitrogens with zero attached hydrogens (tertiary/aromatic N) is 1. The number of halogens is 1. The lowest BCUT2D eigenvalue weighted by atomic mass is 10.6. The van der Waals surface area contributed by atoms with Crippen LogP contribution in [0.1, 0.15) is 0 Å². The van der Waals surface area contributed by atoms with E-state index in [0.29, 0.717) is 5.69 Å². The molecule has 0 unspecified atom stereocenters. The van der Waals surface area contributed by atoms with Gasteiger partial charge >= 0.3 is 0 Å². The molecule has 0 aromatic carbocycles. The molecule has 0 aliphatic heterocycles. The Morgan fingerprint density at radius 1 is 1.86 bits per heavy atom. The van der Waals surface area contributed by atoms with Crippen molar-refractivity contribution in [1.29, 1.82) is 0 Å². The van der Waals surface area contributed by atoms with Crippen molar-refractivity contribution in [2.75, 3.05) is 5.73 Å². The van der Waals surface area contributed by atoms with Gasteiger partial charge in [-0.05, 0) is 0 Å². The molecule has 1 heterocycles. The molecule has 0 saturated carbocycles. The molecule has 0 aliphatic carbocycles. The number of hydrogen-bond acceptors (Lipinski definition) is 3. The smallest absolute Gasteiger partial charge is 0.195 e. The zero-order valence-electron chi connectivity index (χ0n) is 3.39. The third-order valence-corrected chi connectivity index (χ3v) is 0.838. The zero-order chi connectivity index (χ0) is 5.28. The van der Waals surface area contributed by atoms with Crippen molar-refractivity contribution in [3.63, 3.8) is 0 Å². The number of nitrogens with two attached hydrogens (primary N) is 1. The third-order valence-electron chi connectivity index (χ3n) is 0.551. The Labute approximate surface area is 45.0 Å². The van der Waals surface area contributed by atoms with Crippen molar-refractivity contribution in [3.8, 4) is 0 Å². The molecule has 0 spiro atoms. The summed E-state index contributed by atoms with van der Waals surface area (Å²) in [5, 5.41) is 3.50. The summed E-state index contributed by atoms with van der Waals surface area (Å²) in [5.41, 5.74) is 5.53. The van der Waals surface area contributed by atoms with Crippen LogP contribution in [-0.4, -0.2) is 5.16 Å². The zero-order valence-corrected chi connectivity index (χ0v) is 4.14. The lowest BCUT2D eigenvalue weighted by molar-refractivity contribution is 0.420. The van der Waals surface area contributed by atoms with E-state index < -0.39 is 0 Å². The van der Waals surface area contributed by atoms with Crippen LogP contribution in [-0.2, 0) is 0 Å². The minimum absolute atomic E-state index is 0.222. The summed E-state index contributed by atoms with van der Waals surface area (Å²) in [7, 11) is 0. The summed E-state index contributed by atoms with van der Waals surface area (Å²) < 4.78 is 4.34. The fourth-order valence-corrected chi connectivity index (χ4v) is 0.315. The highest BCUT2D eigenvalue weighted by atomic mass is 35.5. The predicted octanol–water partition coefficient (Wildman–Crippen LogP) is 0.910. The Morgan fingerprint density at radius 2 is 2.57 bits per heavy atom. The fourth-order valence-electron chi connectivity index (χ4n) is 0.231. The first-order valence-electron chi connectivity index (χ1n) is 1.66. The molecular formula is C3H3ClN2O. The minimum atomic E-state index is 0.222. The first-order chi connectivity index (χ1) is 3.30. The number of anilines is 1. The van der Waals surface area contributed by atoms with Crippen molar-refractivity contribution < 1.29 is 4.52 Å². The van der Waals surface area contributed by atoms with Gasteiger partial charge in [0.25, 0.3) is 0 Å². The van der Waals surface area contributed by atoms with Crippen molar-refractivity contribution in [3.05, 3.63) is 11.4 Å². The first kappa shape index (κ1) is 4.46. The number of rotatable bonds is 0. The van der Waals surface area contributed by atoms with Crippen LogP contribution < -0.4 is 5.73 Å². The number of nitrogen functional groups attached to an aromatic ring is 1. The molecule has 0 atom stereocenters. The average Bonchev–Trinajstić information content (AvgIpc) is 1.91. The summed E-state index contributed by atoms with van der Waals surface area (Å²) in [6.07, 6.45) is 1.28. The highest BCUT2D eigenvalue weighted by molar-refractivity contribution is 6.31. The maximum atomic E-state index is 5.29. The predicted molar refractivity (Wildman–Crippen MR) is 25.9 cm³/mol. The molecular weight excluding hydrogens is 115 g/mol. The van der Waals surface area contributed by atoms with Crippen LogP contribution in [0, 0.1) is 0 Å². The molecule has 0 aliphatic rings. The minimum Gasteiger partial charge on any atom is -0.394 e. The molecule has 1 aromatic rings. The highest BCUT2D eigenvalue weighted by Gasteiger charge is 1.94. The van der Waals surface area contributed by atoms with E-state index in [1.807, 2.05) is 0 Å². The van der Waals surface area contributed by atoms with Crippen LogP contribution in [0.3, 0.4) is 0 Å². The van der Waals surface area contributed by atoms with Gasteiger partial charge in [0.1, 0.15) is 12.0 Å². The topological polar surface area (TPSA) is 52.0 Å². The van der Waals surface area contributed by atoms with E-state index in [1.54, 1.807) is 0 Å². The summed E-state index contributed by atoms with van der Waals surface area (Å²) in [6, 6.07) is 0. The van der Waals surface area contributed by atoms with E-state index in [0.717, 1.165) is 0 Å². The maximum absolute atomic E-state index is 5.29. The largest absolute Gasteiger partial charge is 0.394 e. The maximum Gasteiger partial charge on any atom is 0.195 e. The fraction of sp³-hybridized carbons (Fsp3) is 0. The van der Waals surface area contributed by atoms with Gasteiger partial charge in [-0.15, -0.1) is 0 Å². The molecule has 1 aromatic heterocycles. The molecule has 3 nitrogen and oxygen atoms in total. The SMILES string of the molecule is Nc1conc1Cl. The van der Waals surface area contributed by atoms with Gasteiger partial charge in [-0.1, -0.05) is 16.8 Å². The molecule has 0 amide bonds. The van der Waals surface area contributed by atoms with Crippen molar-refractivity contribution in [1.82, 2.24) is 5.16 Å². The Balaban J connectivity index is 3.12. The van der Waals surface area contributed by atoms with E-state index in [1.165, 1.54) is 6.26 Å².